The quantitative estimate of drug-likeness (QED) is 0.382. The number of pyridine rings is 1. The van der Waals surface area contributed by atoms with Crippen LogP contribution in [0.3, 0.4) is 0 Å². The minimum absolute atomic E-state index is 0.162. The van der Waals surface area contributed by atoms with Crippen LogP contribution in [0, 0.1) is 0 Å². The topological polar surface area (TPSA) is 64.6 Å². The van der Waals surface area contributed by atoms with Gasteiger partial charge < -0.3 is 9.47 Å². The van der Waals surface area contributed by atoms with E-state index in [1.54, 1.807) is 23.2 Å². The summed E-state index contributed by atoms with van der Waals surface area (Å²) in [5, 5.41) is 0.659. The van der Waals surface area contributed by atoms with Crippen LogP contribution in [-0.2, 0) is 17.8 Å². The lowest BCUT2D eigenvalue weighted by Crippen LogP contribution is -2.29. The number of ether oxygens (including phenoxy) is 2. The molecule has 0 saturated carbocycles. The number of thiazole rings is 1. The van der Waals surface area contributed by atoms with Crippen LogP contribution in [0.2, 0.25) is 0 Å². The predicted octanol–water partition coefficient (Wildman–Crippen LogP) is 5.23. The van der Waals surface area contributed by atoms with E-state index in [9.17, 15) is 4.79 Å². The molecule has 0 radical (unpaired) electrons. The lowest BCUT2D eigenvalue weighted by molar-refractivity contribution is -0.114. The molecule has 6 nitrogen and oxygen atoms in total. The van der Waals surface area contributed by atoms with Gasteiger partial charge in [-0.15, -0.1) is 0 Å². The summed E-state index contributed by atoms with van der Waals surface area (Å²) in [6, 6.07) is 17.4. The lowest BCUT2D eigenvalue weighted by Gasteiger charge is -2.17. The minimum atomic E-state index is -0.162. The van der Waals surface area contributed by atoms with Crippen molar-refractivity contribution in [3.05, 3.63) is 83.7 Å². The van der Waals surface area contributed by atoms with Crippen molar-refractivity contribution in [2.45, 2.75) is 19.9 Å². The summed E-state index contributed by atoms with van der Waals surface area (Å²) in [7, 11) is 0. The van der Waals surface area contributed by atoms with E-state index in [-0.39, 0.29) is 12.7 Å². The van der Waals surface area contributed by atoms with Crippen molar-refractivity contribution in [3.8, 4) is 11.5 Å². The van der Waals surface area contributed by atoms with E-state index in [2.05, 4.69) is 18.0 Å². The molecule has 1 aliphatic heterocycles. The molecule has 160 valence electrons. The maximum absolute atomic E-state index is 13.3. The number of aromatic nitrogens is 2. The van der Waals surface area contributed by atoms with E-state index in [0.717, 1.165) is 27.9 Å². The molecule has 4 aromatic rings. The van der Waals surface area contributed by atoms with Crippen LogP contribution in [0.4, 0.5) is 5.13 Å². The molecule has 0 atom stereocenters. The number of hydrogen-bond acceptors (Lipinski definition) is 6. The van der Waals surface area contributed by atoms with Crippen molar-refractivity contribution in [3.63, 3.8) is 0 Å². The Morgan fingerprint density at radius 3 is 2.88 bits per heavy atom. The summed E-state index contributed by atoms with van der Waals surface area (Å²) in [6.45, 7) is 2.67. The van der Waals surface area contributed by atoms with Crippen molar-refractivity contribution in [2.24, 2.45) is 0 Å². The largest absolute Gasteiger partial charge is 0.454 e. The first-order valence-corrected chi connectivity index (χ1v) is 11.2. The molecule has 0 fully saturated rings. The van der Waals surface area contributed by atoms with Crippen LogP contribution in [0.25, 0.3) is 16.3 Å². The molecular formula is C25H21N3O3S. The van der Waals surface area contributed by atoms with Gasteiger partial charge in [0, 0.05) is 12.3 Å². The molecule has 1 aliphatic rings. The van der Waals surface area contributed by atoms with E-state index in [1.807, 2.05) is 48.5 Å². The zero-order chi connectivity index (χ0) is 21.9. The first kappa shape index (κ1) is 20.2. The lowest BCUT2D eigenvalue weighted by atomic mass is 10.1. The fraction of sp³-hybridized carbons (Fsp3) is 0.160. The number of amides is 1. The third kappa shape index (κ3) is 4.07. The van der Waals surface area contributed by atoms with E-state index < -0.39 is 0 Å². The molecule has 1 amide bonds. The molecule has 5 rings (SSSR count). The van der Waals surface area contributed by atoms with Gasteiger partial charge in [-0.05, 0) is 54.0 Å². The number of para-hydroxylation sites is 1. The minimum Gasteiger partial charge on any atom is -0.454 e. The average Bonchev–Trinajstić information content (AvgIpc) is 3.48. The van der Waals surface area contributed by atoms with Crippen LogP contribution in [0.15, 0.2) is 66.9 Å². The van der Waals surface area contributed by atoms with Crippen LogP contribution >= 0.6 is 11.3 Å². The smallest absolute Gasteiger partial charge is 0.253 e. The van der Waals surface area contributed by atoms with Gasteiger partial charge in [0.15, 0.2) is 16.6 Å². The highest BCUT2D eigenvalue weighted by Crippen LogP contribution is 2.34. The molecule has 2 aromatic heterocycles. The number of rotatable bonds is 6. The van der Waals surface area contributed by atoms with Crippen LogP contribution in [-0.4, -0.2) is 22.7 Å². The summed E-state index contributed by atoms with van der Waals surface area (Å²) in [5.41, 5.74) is 3.78. The second-order valence-corrected chi connectivity index (χ2v) is 8.31. The molecule has 32 heavy (non-hydrogen) atoms. The van der Waals surface area contributed by atoms with Gasteiger partial charge >= 0.3 is 0 Å². The molecule has 3 heterocycles. The maximum atomic E-state index is 13.3. The Morgan fingerprint density at radius 1 is 1.12 bits per heavy atom. The first-order valence-electron chi connectivity index (χ1n) is 10.4. The van der Waals surface area contributed by atoms with Crippen LogP contribution in [0.5, 0.6) is 11.5 Å². The van der Waals surface area contributed by atoms with Gasteiger partial charge in [-0.2, -0.15) is 0 Å². The number of anilines is 1. The predicted molar refractivity (Wildman–Crippen MR) is 126 cm³/mol. The molecule has 0 spiro atoms. The van der Waals surface area contributed by atoms with E-state index in [0.29, 0.717) is 23.2 Å². The Labute approximate surface area is 189 Å². The highest BCUT2D eigenvalue weighted by atomic mass is 32.1. The molecular weight excluding hydrogens is 422 g/mol. The third-order valence-corrected chi connectivity index (χ3v) is 6.27. The number of aryl methyl sites for hydroxylation is 1. The highest BCUT2D eigenvalue weighted by molar-refractivity contribution is 7.22. The van der Waals surface area contributed by atoms with Crippen molar-refractivity contribution in [1.82, 2.24) is 9.97 Å². The van der Waals surface area contributed by atoms with E-state index >= 15 is 0 Å². The second kappa shape index (κ2) is 8.80. The van der Waals surface area contributed by atoms with Crippen LogP contribution < -0.4 is 14.4 Å². The van der Waals surface area contributed by atoms with Crippen LogP contribution in [0.1, 0.15) is 23.7 Å². The fourth-order valence-electron chi connectivity index (χ4n) is 3.56. The number of nitrogens with zero attached hydrogens (tertiary/aromatic N) is 3. The SMILES string of the molecule is CCc1cccc2sc(N(Cc3ccccn3)C(=O)/C=C/c3ccc4c(c3)OCO4)nc12. The van der Waals surface area contributed by atoms with Gasteiger partial charge in [0.2, 0.25) is 6.79 Å². The number of fused-ring (bicyclic) bond motifs is 2. The van der Waals surface area contributed by atoms with E-state index in [1.165, 1.54) is 16.9 Å². The zero-order valence-electron chi connectivity index (χ0n) is 17.5. The Morgan fingerprint density at radius 2 is 2.03 bits per heavy atom. The average molecular weight is 444 g/mol. The molecule has 7 heteroatoms. The maximum Gasteiger partial charge on any atom is 0.253 e. The standard InChI is InChI=1S/C25H21N3O3S/c1-2-18-6-5-8-22-24(18)27-25(32-22)28(15-19-7-3-4-13-26-19)23(29)12-10-17-9-11-20-21(14-17)31-16-30-20/h3-14H,2,15-16H2,1H3/b12-10+. The van der Waals surface area contributed by atoms with Crippen molar-refractivity contribution < 1.29 is 14.3 Å². The van der Waals surface area contributed by atoms with E-state index in [4.69, 9.17) is 14.5 Å². The number of carbonyl (C=O) groups is 1. The first-order chi connectivity index (χ1) is 15.7. The van der Waals surface area contributed by atoms with Crippen molar-refractivity contribution >= 4 is 38.7 Å². The molecule has 0 aliphatic carbocycles. The number of carbonyl (C=O) groups excluding carboxylic acids is 1. The molecule has 0 unspecified atom stereocenters. The normalized spacial score (nSPS) is 12.5. The summed E-state index contributed by atoms with van der Waals surface area (Å²) in [4.78, 5) is 24.2. The Hall–Kier alpha value is -3.71. The summed E-state index contributed by atoms with van der Waals surface area (Å²) in [5.74, 6) is 1.24. The second-order valence-electron chi connectivity index (χ2n) is 7.31. The van der Waals surface area contributed by atoms with Crippen molar-refractivity contribution in [2.75, 3.05) is 11.7 Å². The van der Waals surface area contributed by atoms with Crippen molar-refractivity contribution in [1.29, 1.82) is 0 Å². The number of hydrogen-bond donors (Lipinski definition) is 0. The summed E-state index contributed by atoms with van der Waals surface area (Å²) >= 11 is 1.52. The third-order valence-electron chi connectivity index (χ3n) is 5.23. The Bertz CT molecular complexity index is 1300. The zero-order valence-corrected chi connectivity index (χ0v) is 18.3. The van der Waals surface area contributed by atoms with Gasteiger partial charge in [-0.1, -0.05) is 42.5 Å². The molecule has 0 saturated heterocycles. The summed E-state index contributed by atoms with van der Waals surface area (Å²) < 4.78 is 11.9. The Kier molecular flexibility index (Phi) is 5.56. The van der Waals surface area contributed by atoms with Gasteiger partial charge in [0.1, 0.15) is 0 Å². The number of benzene rings is 2. The molecule has 2 aromatic carbocycles. The summed E-state index contributed by atoms with van der Waals surface area (Å²) in [6.07, 6.45) is 5.96. The Balaban J connectivity index is 1.47. The molecule has 0 bridgehead atoms. The fourth-order valence-corrected chi connectivity index (χ4v) is 4.58. The molecule has 0 N–H and O–H groups in total. The van der Waals surface area contributed by atoms with Gasteiger partial charge in [-0.25, -0.2) is 4.98 Å². The van der Waals surface area contributed by atoms with Gasteiger partial charge in [-0.3, -0.25) is 14.7 Å². The van der Waals surface area contributed by atoms with Gasteiger partial charge in [0.05, 0.1) is 22.5 Å². The highest BCUT2D eigenvalue weighted by Gasteiger charge is 2.20. The monoisotopic (exact) mass is 443 g/mol. The van der Waals surface area contributed by atoms with Gasteiger partial charge in [0.25, 0.3) is 5.91 Å².